The van der Waals surface area contributed by atoms with Crippen LogP contribution in [0.25, 0.3) is 0 Å². The number of piperidine rings is 1. The van der Waals surface area contributed by atoms with Crippen LogP contribution in [0, 0.1) is 6.92 Å². The van der Waals surface area contributed by atoms with Gasteiger partial charge in [0.15, 0.2) is 17.3 Å². The standard InChI is InChI=1S/C19H22N4O3/c1-14-2-4-15(5-3-14)20-18(24)16-6-7-17(22-21-16)23-10-8-19(9-11-23)25-12-13-26-19/h2-7H,8-13H2,1H3,(H,20,24). The van der Waals surface area contributed by atoms with E-state index in [0.29, 0.717) is 18.9 Å². The zero-order valence-corrected chi connectivity index (χ0v) is 14.8. The minimum absolute atomic E-state index is 0.266. The number of rotatable bonds is 3. The number of aromatic nitrogens is 2. The van der Waals surface area contributed by atoms with Gasteiger partial charge in [-0.15, -0.1) is 10.2 Å². The molecule has 4 rings (SSSR count). The summed E-state index contributed by atoms with van der Waals surface area (Å²) in [7, 11) is 0. The summed E-state index contributed by atoms with van der Waals surface area (Å²) in [6.45, 7) is 4.94. The fraction of sp³-hybridized carbons (Fsp3) is 0.421. The summed E-state index contributed by atoms with van der Waals surface area (Å²) in [6, 6.07) is 11.2. The molecule has 7 heteroatoms. The van der Waals surface area contributed by atoms with Crippen molar-refractivity contribution in [1.29, 1.82) is 0 Å². The lowest BCUT2D eigenvalue weighted by atomic mass is 10.0. The average Bonchev–Trinajstić information content (AvgIpc) is 3.12. The van der Waals surface area contributed by atoms with Crippen LogP contribution in [0.4, 0.5) is 11.5 Å². The first-order valence-corrected chi connectivity index (χ1v) is 8.88. The number of hydrogen-bond acceptors (Lipinski definition) is 6. The highest BCUT2D eigenvalue weighted by Gasteiger charge is 2.40. The molecule has 0 saturated carbocycles. The Hall–Kier alpha value is -2.51. The second-order valence-electron chi connectivity index (χ2n) is 6.69. The van der Waals surface area contributed by atoms with E-state index in [0.717, 1.165) is 43.0 Å². The molecule has 2 saturated heterocycles. The maximum absolute atomic E-state index is 12.3. The van der Waals surface area contributed by atoms with Crippen molar-refractivity contribution in [2.24, 2.45) is 0 Å². The maximum Gasteiger partial charge on any atom is 0.276 e. The molecule has 2 aliphatic rings. The average molecular weight is 354 g/mol. The van der Waals surface area contributed by atoms with E-state index in [-0.39, 0.29) is 5.91 Å². The molecule has 0 bridgehead atoms. The molecule has 2 aliphatic heterocycles. The molecule has 136 valence electrons. The number of benzene rings is 1. The lowest BCUT2D eigenvalue weighted by Gasteiger charge is -2.37. The first-order valence-electron chi connectivity index (χ1n) is 8.88. The Morgan fingerprint density at radius 1 is 1.04 bits per heavy atom. The number of hydrogen-bond donors (Lipinski definition) is 1. The summed E-state index contributed by atoms with van der Waals surface area (Å²) < 4.78 is 11.5. The van der Waals surface area contributed by atoms with Crippen molar-refractivity contribution >= 4 is 17.4 Å². The van der Waals surface area contributed by atoms with Gasteiger partial charge in [0.2, 0.25) is 0 Å². The van der Waals surface area contributed by atoms with E-state index >= 15 is 0 Å². The molecule has 1 amide bonds. The minimum atomic E-state index is -0.405. The van der Waals surface area contributed by atoms with Gasteiger partial charge in [0.1, 0.15) is 0 Å². The van der Waals surface area contributed by atoms with E-state index in [1.54, 1.807) is 6.07 Å². The van der Waals surface area contributed by atoms with Gasteiger partial charge in [0.25, 0.3) is 5.91 Å². The van der Waals surface area contributed by atoms with Crippen molar-refractivity contribution in [2.45, 2.75) is 25.6 Å². The lowest BCUT2D eigenvalue weighted by molar-refractivity contribution is -0.169. The van der Waals surface area contributed by atoms with Crippen LogP contribution in [-0.2, 0) is 9.47 Å². The Morgan fingerprint density at radius 2 is 1.73 bits per heavy atom. The van der Waals surface area contributed by atoms with Gasteiger partial charge in [0, 0.05) is 31.6 Å². The van der Waals surface area contributed by atoms with Crippen LogP contribution in [0.3, 0.4) is 0 Å². The minimum Gasteiger partial charge on any atom is -0.355 e. The first kappa shape index (κ1) is 16.9. The van der Waals surface area contributed by atoms with Gasteiger partial charge in [-0.3, -0.25) is 4.79 Å². The van der Waals surface area contributed by atoms with Crippen LogP contribution < -0.4 is 10.2 Å². The zero-order chi connectivity index (χ0) is 18.0. The molecule has 2 fully saturated rings. The zero-order valence-electron chi connectivity index (χ0n) is 14.8. The SMILES string of the molecule is Cc1ccc(NC(=O)c2ccc(N3CCC4(CC3)OCCO4)nn2)cc1. The number of nitrogens with zero attached hydrogens (tertiary/aromatic N) is 3. The van der Waals surface area contributed by atoms with E-state index in [1.165, 1.54) is 0 Å². The van der Waals surface area contributed by atoms with Crippen molar-refractivity contribution in [1.82, 2.24) is 10.2 Å². The second kappa shape index (κ2) is 7.01. The molecule has 1 N–H and O–H groups in total. The lowest BCUT2D eigenvalue weighted by Crippen LogP contribution is -2.45. The number of amides is 1. The van der Waals surface area contributed by atoms with Crippen LogP contribution in [-0.4, -0.2) is 48.2 Å². The third-order valence-corrected chi connectivity index (χ3v) is 4.86. The number of ether oxygens (including phenoxy) is 2. The van der Waals surface area contributed by atoms with Crippen molar-refractivity contribution in [3.05, 3.63) is 47.7 Å². The highest BCUT2D eigenvalue weighted by molar-refractivity contribution is 6.02. The highest BCUT2D eigenvalue weighted by atomic mass is 16.7. The quantitative estimate of drug-likeness (QED) is 0.912. The third kappa shape index (κ3) is 3.54. The summed E-state index contributed by atoms with van der Waals surface area (Å²) in [5.41, 5.74) is 2.18. The number of aryl methyl sites for hydroxylation is 1. The molecule has 0 radical (unpaired) electrons. The summed E-state index contributed by atoms with van der Waals surface area (Å²) in [5, 5.41) is 11.1. The summed E-state index contributed by atoms with van der Waals surface area (Å²) in [4.78, 5) is 14.4. The van der Waals surface area contributed by atoms with Crippen molar-refractivity contribution in [3.63, 3.8) is 0 Å². The van der Waals surface area contributed by atoms with E-state index in [2.05, 4.69) is 20.4 Å². The number of carbonyl (C=O) groups is 1. The molecule has 26 heavy (non-hydrogen) atoms. The molecule has 2 aromatic rings. The van der Waals surface area contributed by atoms with Gasteiger partial charge in [-0.25, -0.2) is 0 Å². The monoisotopic (exact) mass is 354 g/mol. The van der Waals surface area contributed by atoms with Crippen molar-refractivity contribution < 1.29 is 14.3 Å². The molecule has 1 aromatic carbocycles. The smallest absolute Gasteiger partial charge is 0.276 e. The van der Waals surface area contributed by atoms with Crippen LogP contribution in [0.15, 0.2) is 36.4 Å². The number of carbonyl (C=O) groups excluding carboxylic acids is 1. The molecule has 3 heterocycles. The van der Waals surface area contributed by atoms with E-state index in [1.807, 2.05) is 37.3 Å². The van der Waals surface area contributed by atoms with E-state index in [4.69, 9.17) is 9.47 Å². The van der Waals surface area contributed by atoms with Gasteiger partial charge in [-0.2, -0.15) is 0 Å². The Labute approximate surface area is 152 Å². The normalized spacial score (nSPS) is 18.9. The van der Waals surface area contributed by atoms with Gasteiger partial charge in [0.05, 0.1) is 13.2 Å². The second-order valence-corrected chi connectivity index (χ2v) is 6.69. The van der Waals surface area contributed by atoms with E-state index in [9.17, 15) is 4.79 Å². The van der Waals surface area contributed by atoms with Crippen molar-refractivity contribution in [2.75, 3.05) is 36.5 Å². The molecule has 1 spiro atoms. The summed E-state index contributed by atoms with van der Waals surface area (Å²) >= 11 is 0. The molecular formula is C19H22N4O3. The fourth-order valence-corrected chi connectivity index (χ4v) is 3.31. The predicted molar refractivity (Wildman–Crippen MR) is 97.2 cm³/mol. The molecule has 7 nitrogen and oxygen atoms in total. The fourth-order valence-electron chi connectivity index (χ4n) is 3.31. The first-order chi connectivity index (χ1) is 12.6. The van der Waals surface area contributed by atoms with Gasteiger partial charge in [-0.1, -0.05) is 17.7 Å². The maximum atomic E-state index is 12.3. The highest BCUT2D eigenvalue weighted by Crippen LogP contribution is 2.32. The molecular weight excluding hydrogens is 332 g/mol. The Balaban J connectivity index is 1.37. The molecule has 0 aliphatic carbocycles. The summed E-state index contributed by atoms with van der Waals surface area (Å²) in [5.74, 6) is 0.0978. The summed E-state index contributed by atoms with van der Waals surface area (Å²) in [6.07, 6.45) is 1.62. The topological polar surface area (TPSA) is 76.6 Å². The van der Waals surface area contributed by atoms with Crippen LogP contribution in [0.5, 0.6) is 0 Å². The van der Waals surface area contributed by atoms with Crippen LogP contribution in [0.2, 0.25) is 0 Å². The van der Waals surface area contributed by atoms with Gasteiger partial charge < -0.3 is 19.7 Å². The molecule has 0 unspecified atom stereocenters. The van der Waals surface area contributed by atoms with Crippen LogP contribution in [0.1, 0.15) is 28.9 Å². The Kier molecular flexibility index (Phi) is 4.57. The number of anilines is 2. The molecule has 1 aromatic heterocycles. The predicted octanol–water partition coefficient (Wildman–Crippen LogP) is 2.38. The van der Waals surface area contributed by atoms with E-state index < -0.39 is 5.79 Å². The third-order valence-electron chi connectivity index (χ3n) is 4.86. The van der Waals surface area contributed by atoms with Crippen molar-refractivity contribution in [3.8, 4) is 0 Å². The number of nitrogens with one attached hydrogen (secondary N) is 1. The Morgan fingerprint density at radius 3 is 2.35 bits per heavy atom. The Bertz CT molecular complexity index is 760. The van der Waals surface area contributed by atoms with Gasteiger partial charge in [-0.05, 0) is 31.2 Å². The van der Waals surface area contributed by atoms with Gasteiger partial charge >= 0.3 is 0 Å². The largest absolute Gasteiger partial charge is 0.355 e. The molecule has 0 atom stereocenters. The van der Waals surface area contributed by atoms with Crippen LogP contribution >= 0.6 is 0 Å².